The van der Waals surface area contributed by atoms with Gasteiger partial charge in [-0.3, -0.25) is 4.99 Å². The van der Waals surface area contributed by atoms with Gasteiger partial charge in [0.2, 0.25) is 0 Å². The molecule has 2 heterocycles. The number of hydrogen-bond donors (Lipinski definition) is 1. The van der Waals surface area contributed by atoms with Gasteiger partial charge < -0.3 is 15.1 Å². The first kappa shape index (κ1) is 20.3. The predicted octanol–water partition coefficient (Wildman–Crippen LogP) is 3.71. The molecule has 2 aliphatic heterocycles. The van der Waals surface area contributed by atoms with E-state index in [0.717, 1.165) is 19.1 Å². The zero-order chi connectivity index (χ0) is 16.1. The Kier molecular flexibility index (Phi) is 8.11. The summed E-state index contributed by atoms with van der Waals surface area (Å²) in [7, 11) is 0. The SMILES string of the molecule is CCNC(=NCCCN1CCCCC1C)N1CCC2(CCC2)C1.I. The first-order valence-corrected chi connectivity index (χ1v) is 10.00. The lowest BCUT2D eigenvalue weighted by Crippen LogP contribution is -2.42. The van der Waals surface area contributed by atoms with Crippen LogP contribution in [0.1, 0.15) is 65.2 Å². The summed E-state index contributed by atoms with van der Waals surface area (Å²) in [6.07, 6.45) is 11.1. The minimum atomic E-state index is 0. The topological polar surface area (TPSA) is 30.9 Å². The van der Waals surface area contributed by atoms with Crippen LogP contribution in [0.25, 0.3) is 0 Å². The van der Waals surface area contributed by atoms with E-state index in [1.165, 1.54) is 83.5 Å². The zero-order valence-corrected chi connectivity index (χ0v) is 18.1. The Balaban J connectivity index is 0.00000208. The van der Waals surface area contributed by atoms with E-state index in [2.05, 4.69) is 29.0 Å². The third-order valence-electron chi connectivity index (χ3n) is 6.29. The van der Waals surface area contributed by atoms with Crippen LogP contribution in [0.2, 0.25) is 0 Å². The largest absolute Gasteiger partial charge is 0.357 e. The van der Waals surface area contributed by atoms with Gasteiger partial charge in [-0.2, -0.15) is 0 Å². The molecule has 1 saturated carbocycles. The fourth-order valence-electron chi connectivity index (χ4n) is 4.58. The van der Waals surface area contributed by atoms with Gasteiger partial charge in [-0.25, -0.2) is 0 Å². The van der Waals surface area contributed by atoms with E-state index in [4.69, 9.17) is 4.99 Å². The van der Waals surface area contributed by atoms with Crippen molar-refractivity contribution in [3.05, 3.63) is 0 Å². The molecule has 3 aliphatic rings. The summed E-state index contributed by atoms with van der Waals surface area (Å²) < 4.78 is 0. The molecule has 24 heavy (non-hydrogen) atoms. The third kappa shape index (κ3) is 4.99. The maximum absolute atomic E-state index is 4.93. The second-order valence-electron chi connectivity index (χ2n) is 8.00. The molecule has 140 valence electrons. The minimum Gasteiger partial charge on any atom is -0.357 e. The maximum atomic E-state index is 4.93. The average molecular weight is 448 g/mol. The van der Waals surface area contributed by atoms with Crippen LogP contribution in [-0.2, 0) is 0 Å². The van der Waals surface area contributed by atoms with Crippen molar-refractivity contribution < 1.29 is 0 Å². The van der Waals surface area contributed by atoms with E-state index in [-0.39, 0.29) is 24.0 Å². The van der Waals surface area contributed by atoms with E-state index < -0.39 is 0 Å². The first-order chi connectivity index (χ1) is 11.2. The number of likely N-dealkylation sites (tertiary alicyclic amines) is 2. The fraction of sp³-hybridized carbons (Fsp3) is 0.947. The summed E-state index contributed by atoms with van der Waals surface area (Å²) >= 11 is 0. The Morgan fingerprint density at radius 1 is 1.17 bits per heavy atom. The molecule has 0 bridgehead atoms. The van der Waals surface area contributed by atoms with Crippen molar-refractivity contribution in [2.45, 2.75) is 71.3 Å². The van der Waals surface area contributed by atoms with Crippen molar-refractivity contribution in [1.29, 1.82) is 0 Å². The van der Waals surface area contributed by atoms with Crippen molar-refractivity contribution in [3.8, 4) is 0 Å². The molecule has 0 aromatic heterocycles. The van der Waals surface area contributed by atoms with E-state index in [0.29, 0.717) is 5.41 Å². The molecule has 4 nitrogen and oxygen atoms in total. The van der Waals surface area contributed by atoms with Gasteiger partial charge in [-0.1, -0.05) is 12.8 Å². The molecule has 1 N–H and O–H groups in total. The summed E-state index contributed by atoms with van der Waals surface area (Å²) in [5.41, 5.74) is 0.652. The number of nitrogens with zero attached hydrogens (tertiary/aromatic N) is 3. The molecule has 1 unspecified atom stereocenters. The molecule has 1 spiro atoms. The number of hydrogen-bond acceptors (Lipinski definition) is 2. The second kappa shape index (κ2) is 9.60. The van der Waals surface area contributed by atoms with Crippen molar-refractivity contribution in [1.82, 2.24) is 15.1 Å². The Labute approximate surface area is 165 Å². The molecular formula is C19H37IN4. The van der Waals surface area contributed by atoms with Crippen LogP contribution in [-0.4, -0.2) is 61.1 Å². The molecule has 3 rings (SSSR count). The lowest BCUT2D eigenvalue weighted by atomic mass is 9.68. The van der Waals surface area contributed by atoms with Crippen LogP contribution in [0.4, 0.5) is 0 Å². The molecule has 1 aliphatic carbocycles. The van der Waals surface area contributed by atoms with Crippen molar-refractivity contribution in [2.75, 3.05) is 39.3 Å². The van der Waals surface area contributed by atoms with Crippen LogP contribution in [0, 0.1) is 5.41 Å². The predicted molar refractivity (Wildman–Crippen MR) is 113 cm³/mol. The molecule has 1 atom stereocenters. The maximum Gasteiger partial charge on any atom is 0.193 e. The molecule has 0 aromatic carbocycles. The van der Waals surface area contributed by atoms with Gasteiger partial charge in [0.05, 0.1) is 0 Å². The molecule has 0 radical (unpaired) electrons. The average Bonchev–Trinajstić information content (AvgIpc) is 2.98. The van der Waals surface area contributed by atoms with Gasteiger partial charge in [0.15, 0.2) is 5.96 Å². The summed E-state index contributed by atoms with van der Waals surface area (Å²) in [6.45, 7) is 11.5. The molecule has 3 fully saturated rings. The van der Waals surface area contributed by atoms with Crippen LogP contribution < -0.4 is 5.32 Å². The third-order valence-corrected chi connectivity index (χ3v) is 6.29. The Morgan fingerprint density at radius 2 is 2.00 bits per heavy atom. The van der Waals surface area contributed by atoms with Crippen molar-refractivity contribution in [2.24, 2.45) is 10.4 Å². The number of aliphatic imine (C=N–C) groups is 1. The molecule has 2 saturated heterocycles. The smallest absolute Gasteiger partial charge is 0.193 e. The van der Waals surface area contributed by atoms with Crippen molar-refractivity contribution >= 4 is 29.9 Å². The van der Waals surface area contributed by atoms with Gasteiger partial charge in [-0.05, 0) is 64.3 Å². The summed E-state index contributed by atoms with van der Waals surface area (Å²) in [5.74, 6) is 1.17. The first-order valence-electron chi connectivity index (χ1n) is 10.00. The van der Waals surface area contributed by atoms with Gasteiger partial charge >= 0.3 is 0 Å². The Bertz CT molecular complexity index is 408. The highest BCUT2D eigenvalue weighted by Gasteiger charge is 2.43. The quantitative estimate of drug-likeness (QED) is 0.301. The van der Waals surface area contributed by atoms with E-state index >= 15 is 0 Å². The number of guanidine groups is 1. The van der Waals surface area contributed by atoms with Gasteiger partial charge in [0.1, 0.15) is 0 Å². The molecular weight excluding hydrogens is 411 g/mol. The van der Waals surface area contributed by atoms with Gasteiger partial charge in [0.25, 0.3) is 0 Å². The van der Waals surface area contributed by atoms with E-state index in [1.807, 2.05) is 0 Å². The van der Waals surface area contributed by atoms with Crippen LogP contribution >= 0.6 is 24.0 Å². The van der Waals surface area contributed by atoms with Crippen molar-refractivity contribution in [3.63, 3.8) is 0 Å². The number of rotatable bonds is 5. The standard InChI is InChI=1S/C19H36N4.HI/c1-3-20-18(23-15-11-19(16-23)9-6-10-19)21-12-7-14-22-13-5-4-8-17(22)2;/h17H,3-16H2,1-2H3,(H,20,21);1H. The van der Waals surface area contributed by atoms with Crippen LogP contribution in [0.3, 0.4) is 0 Å². The fourth-order valence-corrected chi connectivity index (χ4v) is 4.58. The molecule has 0 amide bonds. The molecule has 0 aromatic rings. The minimum absolute atomic E-state index is 0. The number of halogens is 1. The highest BCUT2D eigenvalue weighted by atomic mass is 127. The van der Waals surface area contributed by atoms with Crippen LogP contribution in [0.15, 0.2) is 4.99 Å². The lowest BCUT2D eigenvalue weighted by molar-refractivity contribution is 0.151. The Hall–Kier alpha value is -0.0400. The highest BCUT2D eigenvalue weighted by molar-refractivity contribution is 14.0. The zero-order valence-electron chi connectivity index (χ0n) is 15.7. The summed E-state index contributed by atoms with van der Waals surface area (Å²) in [6, 6.07) is 0.776. The normalized spacial score (nSPS) is 27.0. The second-order valence-corrected chi connectivity index (χ2v) is 8.00. The summed E-state index contributed by atoms with van der Waals surface area (Å²) in [4.78, 5) is 10.1. The number of piperidine rings is 1. The monoisotopic (exact) mass is 448 g/mol. The lowest BCUT2D eigenvalue weighted by Gasteiger charge is -2.38. The molecule has 5 heteroatoms. The number of nitrogens with one attached hydrogen (secondary N) is 1. The van der Waals surface area contributed by atoms with E-state index in [9.17, 15) is 0 Å². The van der Waals surface area contributed by atoms with E-state index in [1.54, 1.807) is 0 Å². The van der Waals surface area contributed by atoms with Crippen LogP contribution in [0.5, 0.6) is 0 Å². The summed E-state index contributed by atoms with van der Waals surface area (Å²) in [5, 5.41) is 3.52. The highest BCUT2D eigenvalue weighted by Crippen LogP contribution is 2.47. The van der Waals surface area contributed by atoms with Gasteiger partial charge in [0, 0.05) is 38.8 Å². The Morgan fingerprint density at radius 3 is 2.62 bits per heavy atom. The van der Waals surface area contributed by atoms with Gasteiger partial charge in [-0.15, -0.1) is 24.0 Å².